The first-order valence-corrected chi connectivity index (χ1v) is 5.47. The Morgan fingerprint density at radius 2 is 2.06 bits per heavy atom. The predicted molar refractivity (Wildman–Crippen MR) is 64.1 cm³/mol. The van der Waals surface area contributed by atoms with Crippen LogP contribution in [0.2, 0.25) is 0 Å². The second kappa shape index (κ2) is 4.54. The SMILES string of the molecule is Cn1cc([N+](=O)[O-])c(Oc2ccc(Br)cc2)n1. The molecular weight excluding hydrogens is 290 g/mol. The molecule has 7 heteroatoms. The number of halogens is 1. The summed E-state index contributed by atoms with van der Waals surface area (Å²) in [7, 11) is 1.60. The number of ether oxygens (including phenoxy) is 1. The van der Waals surface area contributed by atoms with Crippen molar-refractivity contribution in [3.63, 3.8) is 0 Å². The fourth-order valence-corrected chi connectivity index (χ4v) is 1.53. The summed E-state index contributed by atoms with van der Waals surface area (Å²) < 4.78 is 7.59. The number of hydrogen-bond acceptors (Lipinski definition) is 4. The Kier molecular flexibility index (Phi) is 3.10. The smallest absolute Gasteiger partial charge is 0.350 e. The molecule has 0 aliphatic carbocycles. The van der Waals surface area contributed by atoms with Crippen molar-refractivity contribution in [2.45, 2.75) is 0 Å². The zero-order chi connectivity index (χ0) is 12.4. The van der Waals surface area contributed by atoms with Crippen LogP contribution in [0.25, 0.3) is 0 Å². The molecule has 0 atom stereocenters. The number of nitrogens with zero attached hydrogens (tertiary/aromatic N) is 3. The maximum Gasteiger partial charge on any atom is 0.350 e. The van der Waals surface area contributed by atoms with Gasteiger partial charge in [-0.25, -0.2) is 0 Å². The average Bonchev–Trinajstić information content (AvgIpc) is 2.63. The summed E-state index contributed by atoms with van der Waals surface area (Å²) in [4.78, 5) is 10.2. The van der Waals surface area contributed by atoms with E-state index in [9.17, 15) is 10.1 Å². The van der Waals surface area contributed by atoms with Gasteiger partial charge in [-0.05, 0) is 24.3 Å². The van der Waals surface area contributed by atoms with Crippen molar-refractivity contribution in [2.75, 3.05) is 0 Å². The van der Waals surface area contributed by atoms with Gasteiger partial charge in [-0.1, -0.05) is 15.9 Å². The van der Waals surface area contributed by atoms with Crippen molar-refractivity contribution < 1.29 is 9.66 Å². The van der Waals surface area contributed by atoms with Crippen LogP contribution in [0, 0.1) is 10.1 Å². The third-order valence-electron chi connectivity index (χ3n) is 2.00. The third-order valence-corrected chi connectivity index (χ3v) is 2.53. The van der Waals surface area contributed by atoms with Crippen molar-refractivity contribution in [2.24, 2.45) is 7.05 Å². The zero-order valence-electron chi connectivity index (χ0n) is 8.83. The summed E-state index contributed by atoms with van der Waals surface area (Å²) in [5.41, 5.74) is -0.157. The molecule has 0 spiro atoms. The van der Waals surface area contributed by atoms with Crippen LogP contribution in [-0.4, -0.2) is 14.7 Å². The Morgan fingerprint density at radius 3 is 2.65 bits per heavy atom. The molecule has 0 aliphatic rings. The predicted octanol–water partition coefficient (Wildman–Crippen LogP) is 2.88. The lowest BCUT2D eigenvalue weighted by atomic mass is 10.3. The lowest BCUT2D eigenvalue weighted by molar-refractivity contribution is -0.385. The van der Waals surface area contributed by atoms with Crippen LogP contribution >= 0.6 is 15.9 Å². The number of aromatic nitrogens is 2. The van der Waals surface area contributed by atoms with Gasteiger partial charge in [0.15, 0.2) is 0 Å². The summed E-state index contributed by atoms with van der Waals surface area (Å²) >= 11 is 3.29. The molecule has 0 saturated heterocycles. The van der Waals surface area contributed by atoms with Gasteiger partial charge in [0.1, 0.15) is 11.9 Å². The highest BCUT2D eigenvalue weighted by atomic mass is 79.9. The van der Waals surface area contributed by atoms with Gasteiger partial charge < -0.3 is 4.74 Å². The van der Waals surface area contributed by atoms with Crippen LogP contribution in [-0.2, 0) is 7.05 Å². The van der Waals surface area contributed by atoms with E-state index >= 15 is 0 Å². The average molecular weight is 298 g/mol. The van der Waals surface area contributed by atoms with Crippen molar-refractivity contribution in [1.82, 2.24) is 9.78 Å². The maximum absolute atomic E-state index is 10.7. The quantitative estimate of drug-likeness (QED) is 0.645. The van der Waals surface area contributed by atoms with E-state index in [0.29, 0.717) is 5.75 Å². The highest BCUT2D eigenvalue weighted by Crippen LogP contribution is 2.29. The molecule has 0 bridgehead atoms. The highest BCUT2D eigenvalue weighted by molar-refractivity contribution is 9.10. The van der Waals surface area contributed by atoms with E-state index in [-0.39, 0.29) is 11.6 Å². The molecule has 0 unspecified atom stereocenters. The number of rotatable bonds is 3. The Hall–Kier alpha value is -1.89. The molecule has 0 N–H and O–H groups in total. The molecule has 2 rings (SSSR count). The van der Waals surface area contributed by atoms with Crippen LogP contribution in [0.1, 0.15) is 0 Å². The third kappa shape index (κ3) is 2.62. The summed E-state index contributed by atoms with van der Waals surface area (Å²) in [6, 6.07) is 6.96. The summed E-state index contributed by atoms with van der Waals surface area (Å²) in [5.74, 6) is 0.481. The Labute approximate surface area is 105 Å². The highest BCUT2D eigenvalue weighted by Gasteiger charge is 2.20. The summed E-state index contributed by atoms with van der Waals surface area (Å²) in [6.45, 7) is 0. The standard InChI is InChI=1S/C10H8BrN3O3/c1-13-6-9(14(15)16)10(12-13)17-8-4-2-7(11)3-5-8/h2-6H,1H3. The molecule has 0 aliphatic heterocycles. The largest absolute Gasteiger partial charge is 0.433 e. The first kappa shape index (κ1) is 11.6. The van der Waals surface area contributed by atoms with Gasteiger partial charge in [-0.2, -0.15) is 0 Å². The topological polar surface area (TPSA) is 70.2 Å². The van der Waals surface area contributed by atoms with Gasteiger partial charge in [0.2, 0.25) is 0 Å². The van der Waals surface area contributed by atoms with E-state index in [1.165, 1.54) is 10.9 Å². The van der Waals surface area contributed by atoms with E-state index in [2.05, 4.69) is 21.0 Å². The van der Waals surface area contributed by atoms with Crippen LogP contribution in [0.5, 0.6) is 11.6 Å². The molecule has 0 fully saturated rings. The van der Waals surface area contributed by atoms with E-state index in [1.54, 1.807) is 31.3 Å². The summed E-state index contributed by atoms with van der Waals surface area (Å²) in [6.07, 6.45) is 1.30. The fourth-order valence-electron chi connectivity index (χ4n) is 1.27. The molecule has 17 heavy (non-hydrogen) atoms. The van der Waals surface area contributed by atoms with Crippen LogP contribution in [0.4, 0.5) is 5.69 Å². The van der Waals surface area contributed by atoms with Crippen LogP contribution < -0.4 is 4.74 Å². The lowest BCUT2D eigenvalue weighted by Crippen LogP contribution is -1.91. The molecular formula is C10H8BrN3O3. The van der Waals surface area contributed by atoms with E-state index in [1.807, 2.05) is 0 Å². The van der Waals surface area contributed by atoms with Crippen molar-refractivity contribution in [3.8, 4) is 11.6 Å². The Morgan fingerprint density at radius 1 is 1.41 bits per heavy atom. The second-order valence-corrected chi connectivity index (χ2v) is 4.22. The van der Waals surface area contributed by atoms with Gasteiger partial charge in [0.05, 0.1) is 4.92 Å². The molecule has 0 radical (unpaired) electrons. The van der Waals surface area contributed by atoms with Gasteiger partial charge in [-0.15, -0.1) is 5.10 Å². The number of hydrogen-bond donors (Lipinski definition) is 0. The minimum absolute atomic E-state index is 0.0141. The number of benzene rings is 1. The molecule has 0 amide bonds. The molecule has 6 nitrogen and oxygen atoms in total. The monoisotopic (exact) mass is 297 g/mol. The van der Waals surface area contributed by atoms with Gasteiger partial charge in [-0.3, -0.25) is 14.8 Å². The van der Waals surface area contributed by atoms with E-state index in [0.717, 1.165) is 4.47 Å². The van der Waals surface area contributed by atoms with E-state index < -0.39 is 4.92 Å². The van der Waals surface area contributed by atoms with Gasteiger partial charge >= 0.3 is 11.6 Å². The molecule has 2 aromatic rings. The fraction of sp³-hybridized carbons (Fsp3) is 0.100. The number of aryl methyl sites for hydroxylation is 1. The van der Waals surface area contributed by atoms with Crippen molar-refractivity contribution in [1.29, 1.82) is 0 Å². The van der Waals surface area contributed by atoms with Crippen LogP contribution in [0.15, 0.2) is 34.9 Å². The minimum atomic E-state index is -0.527. The lowest BCUT2D eigenvalue weighted by Gasteiger charge is -2.01. The normalized spacial score (nSPS) is 10.2. The van der Waals surface area contributed by atoms with Crippen LogP contribution in [0.3, 0.4) is 0 Å². The minimum Gasteiger partial charge on any atom is -0.433 e. The first-order chi connectivity index (χ1) is 8.06. The number of nitro groups is 1. The zero-order valence-corrected chi connectivity index (χ0v) is 10.4. The second-order valence-electron chi connectivity index (χ2n) is 3.31. The molecule has 1 aromatic heterocycles. The summed E-state index contributed by atoms with van der Waals surface area (Å²) in [5, 5.41) is 14.6. The molecule has 1 aromatic carbocycles. The maximum atomic E-state index is 10.7. The van der Waals surface area contributed by atoms with Crippen molar-refractivity contribution >= 4 is 21.6 Å². The molecule has 88 valence electrons. The first-order valence-electron chi connectivity index (χ1n) is 4.68. The van der Waals surface area contributed by atoms with Gasteiger partial charge in [0, 0.05) is 11.5 Å². The molecule has 0 saturated carbocycles. The van der Waals surface area contributed by atoms with Gasteiger partial charge in [0.25, 0.3) is 0 Å². The van der Waals surface area contributed by atoms with E-state index in [4.69, 9.17) is 4.74 Å². The Bertz CT molecular complexity index is 550. The van der Waals surface area contributed by atoms with Crippen molar-refractivity contribution in [3.05, 3.63) is 45.0 Å². The Balaban J connectivity index is 2.29. The molecule has 1 heterocycles.